The zero-order chi connectivity index (χ0) is 18.1. The Hall–Kier alpha value is -2.88. The van der Waals surface area contributed by atoms with Crippen LogP contribution >= 0.6 is 0 Å². The SMILES string of the molecule is C=C(C)CN(CC)C(=O)/C=C/c1ccc(OCc2cccnc2)cc1. The van der Waals surface area contributed by atoms with Gasteiger partial charge in [-0.25, -0.2) is 0 Å². The highest BCUT2D eigenvalue weighted by Gasteiger charge is 2.07. The number of aromatic nitrogens is 1. The van der Waals surface area contributed by atoms with Crippen molar-refractivity contribution in [2.24, 2.45) is 0 Å². The molecule has 4 heteroatoms. The lowest BCUT2D eigenvalue weighted by Gasteiger charge is -2.18. The third-order valence-corrected chi connectivity index (χ3v) is 3.58. The van der Waals surface area contributed by atoms with Gasteiger partial charge in [-0.2, -0.15) is 0 Å². The van der Waals surface area contributed by atoms with Gasteiger partial charge in [-0.15, -0.1) is 0 Å². The van der Waals surface area contributed by atoms with Crippen LogP contribution in [0.4, 0.5) is 0 Å². The highest BCUT2D eigenvalue weighted by atomic mass is 16.5. The van der Waals surface area contributed by atoms with Crippen molar-refractivity contribution in [3.63, 3.8) is 0 Å². The van der Waals surface area contributed by atoms with Gasteiger partial charge in [0.25, 0.3) is 0 Å². The van der Waals surface area contributed by atoms with Crippen LogP contribution < -0.4 is 4.74 Å². The molecule has 2 aromatic rings. The number of pyridine rings is 1. The molecule has 2 rings (SSSR count). The van der Waals surface area contributed by atoms with E-state index in [1.165, 1.54) is 0 Å². The summed E-state index contributed by atoms with van der Waals surface area (Å²) in [6.07, 6.45) is 6.93. The van der Waals surface area contributed by atoms with E-state index < -0.39 is 0 Å². The van der Waals surface area contributed by atoms with Crippen molar-refractivity contribution in [1.29, 1.82) is 0 Å². The third-order valence-electron chi connectivity index (χ3n) is 3.58. The summed E-state index contributed by atoms with van der Waals surface area (Å²) in [6, 6.07) is 11.5. The first-order chi connectivity index (χ1) is 12.1. The molecule has 0 aliphatic carbocycles. The lowest BCUT2D eigenvalue weighted by atomic mass is 10.2. The molecule has 0 spiro atoms. The Morgan fingerprint density at radius 2 is 2.04 bits per heavy atom. The van der Waals surface area contributed by atoms with E-state index in [1.807, 2.05) is 56.3 Å². The Kier molecular flexibility index (Phi) is 6.96. The molecule has 25 heavy (non-hydrogen) atoms. The number of carbonyl (C=O) groups excluding carboxylic acids is 1. The van der Waals surface area contributed by atoms with Crippen LogP contribution in [0.5, 0.6) is 5.75 Å². The van der Waals surface area contributed by atoms with Crippen LogP contribution in [0.25, 0.3) is 6.08 Å². The molecule has 0 unspecified atom stereocenters. The van der Waals surface area contributed by atoms with Crippen LogP contribution in [0.1, 0.15) is 25.0 Å². The van der Waals surface area contributed by atoms with Gasteiger partial charge in [-0.1, -0.05) is 30.4 Å². The molecule has 0 bridgehead atoms. The molecular weight excluding hydrogens is 312 g/mol. The summed E-state index contributed by atoms with van der Waals surface area (Å²) in [4.78, 5) is 18.0. The van der Waals surface area contributed by atoms with E-state index in [0.29, 0.717) is 19.7 Å². The predicted molar refractivity (Wildman–Crippen MR) is 101 cm³/mol. The fourth-order valence-electron chi connectivity index (χ4n) is 2.27. The van der Waals surface area contributed by atoms with Gasteiger partial charge in [0, 0.05) is 37.1 Å². The second kappa shape index (κ2) is 9.42. The Labute approximate surface area is 149 Å². The fourth-order valence-corrected chi connectivity index (χ4v) is 2.27. The molecule has 0 aliphatic rings. The number of hydrogen-bond donors (Lipinski definition) is 0. The summed E-state index contributed by atoms with van der Waals surface area (Å²) < 4.78 is 5.72. The Morgan fingerprint density at radius 1 is 1.28 bits per heavy atom. The molecule has 130 valence electrons. The molecule has 0 fully saturated rings. The van der Waals surface area contributed by atoms with Gasteiger partial charge < -0.3 is 9.64 Å². The number of benzene rings is 1. The third kappa shape index (κ3) is 6.26. The van der Waals surface area contributed by atoms with Crippen molar-refractivity contribution in [2.75, 3.05) is 13.1 Å². The first kappa shape index (κ1) is 18.5. The summed E-state index contributed by atoms with van der Waals surface area (Å²) in [6.45, 7) is 9.47. The Morgan fingerprint density at radius 3 is 2.64 bits per heavy atom. The molecule has 1 amide bonds. The zero-order valence-electron chi connectivity index (χ0n) is 14.8. The second-order valence-corrected chi connectivity index (χ2v) is 5.86. The van der Waals surface area contributed by atoms with Crippen molar-refractivity contribution < 1.29 is 9.53 Å². The Bertz CT molecular complexity index is 721. The first-order valence-corrected chi connectivity index (χ1v) is 8.31. The average molecular weight is 336 g/mol. The maximum Gasteiger partial charge on any atom is 0.246 e. The van der Waals surface area contributed by atoms with E-state index in [2.05, 4.69) is 11.6 Å². The van der Waals surface area contributed by atoms with E-state index in [1.54, 1.807) is 23.4 Å². The average Bonchev–Trinajstić information content (AvgIpc) is 2.64. The minimum Gasteiger partial charge on any atom is -0.489 e. The van der Waals surface area contributed by atoms with Crippen molar-refractivity contribution in [3.8, 4) is 5.75 Å². The normalized spacial score (nSPS) is 10.6. The number of amides is 1. The quantitative estimate of drug-likeness (QED) is 0.538. The largest absolute Gasteiger partial charge is 0.489 e. The highest BCUT2D eigenvalue weighted by molar-refractivity contribution is 5.91. The van der Waals surface area contributed by atoms with Crippen LogP contribution in [0.3, 0.4) is 0 Å². The lowest BCUT2D eigenvalue weighted by Crippen LogP contribution is -2.30. The predicted octanol–water partition coefficient (Wildman–Crippen LogP) is 4.10. The van der Waals surface area contributed by atoms with Gasteiger partial charge in [-0.05, 0) is 43.7 Å². The van der Waals surface area contributed by atoms with Gasteiger partial charge in [-0.3, -0.25) is 9.78 Å². The van der Waals surface area contributed by atoms with Crippen molar-refractivity contribution in [2.45, 2.75) is 20.5 Å². The number of nitrogens with zero attached hydrogens (tertiary/aromatic N) is 2. The van der Waals surface area contributed by atoms with Crippen LogP contribution in [0.15, 0.2) is 67.0 Å². The van der Waals surface area contributed by atoms with E-state index >= 15 is 0 Å². The van der Waals surface area contributed by atoms with Crippen molar-refractivity contribution in [3.05, 3.63) is 78.1 Å². The fraction of sp³-hybridized carbons (Fsp3) is 0.238. The molecule has 1 aromatic heterocycles. The van der Waals surface area contributed by atoms with Gasteiger partial charge in [0.1, 0.15) is 12.4 Å². The molecule has 0 saturated heterocycles. The topological polar surface area (TPSA) is 42.4 Å². The highest BCUT2D eigenvalue weighted by Crippen LogP contribution is 2.15. The van der Waals surface area contributed by atoms with Crippen LogP contribution in [-0.2, 0) is 11.4 Å². The zero-order valence-corrected chi connectivity index (χ0v) is 14.8. The molecule has 4 nitrogen and oxygen atoms in total. The van der Waals surface area contributed by atoms with Crippen LogP contribution in [-0.4, -0.2) is 28.9 Å². The number of hydrogen-bond acceptors (Lipinski definition) is 3. The molecule has 0 saturated carbocycles. The molecule has 0 atom stereocenters. The van der Waals surface area contributed by atoms with E-state index in [4.69, 9.17) is 4.74 Å². The van der Waals surface area contributed by atoms with Crippen LogP contribution in [0, 0.1) is 0 Å². The minimum atomic E-state index is -0.0117. The molecule has 1 aromatic carbocycles. The van der Waals surface area contributed by atoms with E-state index in [9.17, 15) is 4.79 Å². The molecule has 0 radical (unpaired) electrons. The van der Waals surface area contributed by atoms with Gasteiger partial charge in [0.2, 0.25) is 5.91 Å². The van der Waals surface area contributed by atoms with E-state index in [0.717, 1.165) is 22.4 Å². The summed E-state index contributed by atoms with van der Waals surface area (Å²) in [5.41, 5.74) is 2.95. The minimum absolute atomic E-state index is 0.0117. The van der Waals surface area contributed by atoms with Crippen molar-refractivity contribution in [1.82, 2.24) is 9.88 Å². The number of rotatable bonds is 8. The van der Waals surface area contributed by atoms with E-state index in [-0.39, 0.29) is 5.91 Å². The number of ether oxygens (including phenoxy) is 1. The monoisotopic (exact) mass is 336 g/mol. The van der Waals surface area contributed by atoms with Crippen molar-refractivity contribution >= 4 is 12.0 Å². The lowest BCUT2D eigenvalue weighted by molar-refractivity contribution is -0.125. The molecule has 0 N–H and O–H groups in total. The number of likely N-dealkylation sites (N-methyl/N-ethyl adjacent to an activating group) is 1. The van der Waals surface area contributed by atoms with Crippen LogP contribution in [0.2, 0.25) is 0 Å². The van der Waals surface area contributed by atoms with Gasteiger partial charge in [0.05, 0.1) is 0 Å². The maximum absolute atomic E-state index is 12.2. The molecule has 1 heterocycles. The standard InChI is InChI=1S/C21H24N2O2/c1-4-23(15-17(2)3)21(24)12-9-18-7-10-20(11-8-18)25-16-19-6-5-13-22-14-19/h5-14H,2,4,15-16H2,1,3H3/b12-9+. The first-order valence-electron chi connectivity index (χ1n) is 8.31. The smallest absolute Gasteiger partial charge is 0.246 e. The summed E-state index contributed by atoms with van der Waals surface area (Å²) in [7, 11) is 0. The molecule has 0 aliphatic heterocycles. The second-order valence-electron chi connectivity index (χ2n) is 5.86. The summed E-state index contributed by atoms with van der Waals surface area (Å²) in [5.74, 6) is 0.771. The summed E-state index contributed by atoms with van der Waals surface area (Å²) in [5, 5.41) is 0. The number of carbonyl (C=O) groups is 1. The summed E-state index contributed by atoms with van der Waals surface area (Å²) >= 11 is 0. The Balaban J connectivity index is 1.90. The van der Waals surface area contributed by atoms with Gasteiger partial charge in [0.15, 0.2) is 0 Å². The maximum atomic E-state index is 12.2. The molecular formula is C21H24N2O2. The van der Waals surface area contributed by atoms with Gasteiger partial charge >= 0.3 is 0 Å².